The van der Waals surface area contributed by atoms with Crippen LogP contribution < -0.4 is 0 Å². The summed E-state index contributed by atoms with van der Waals surface area (Å²) in [6, 6.07) is 8.50. The second-order valence-corrected chi connectivity index (χ2v) is 8.84. The molecule has 5 nitrogen and oxygen atoms in total. The predicted molar refractivity (Wildman–Crippen MR) is 94.6 cm³/mol. The zero-order valence-corrected chi connectivity index (χ0v) is 15.1. The second kappa shape index (κ2) is 7.07. The van der Waals surface area contributed by atoms with Crippen LogP contribution >= 0.6 is 0 Å². The van der Waals surface area contributed by atoms with Crippen LogP contribution in [-0.4, -0.2) is 42.9 Å². The van der Waals surface area contributed by atoms with Gasteiger partial charge in [-0.2, -0.15) is 5.10 Å². The number of piperidine rings is 1. The van der Waals surface area contributed by atoms with E-state index in [0.717, 1.165) is 44.6 Å². The minimum absolute atomic E-state index is 0.346. The average molecular weight is 347 g/mol. The van der Waals surface area contributed by atoms with Crippen molar-refractivity contribution < 1.29 is 8.42 Å². The van der Waals surface area contributed by atoms with E-state index in [1.165, 1.54) is 23.6 Å². The Morgan fingerprint density at radius 2 is 2.12 bits per heavy atom. The first-order valence-electron chi connectivity index (χ1n) is 8.42. The molecule has 0 saturated carbocycles. The summed E-state index contributed by atoms with van der Waals surface area (Å²) in [5, 5.41) is 6.82. The maximum absolute atomic E-state index is 11.8. The maximum atomic E-state index is 11.8. The Morgan fingerprint density at radius 1 is 1.33 bits per heavy atom. The molecular formula is C18H25N3O2S. The Bertz CT molecular complexity index is 798. The quantitative estimate of drug-likeness (QED) is 0.903. The Labute approximate surface area is 144 Å². The molecule has 1 aromatic carbocycles. The van der Waals surface area contributed by atoms with Gasteiger partial charge in [0.2, 0.25) is 0 Å². The lowest BCUT2D eigenvalue weighted by Crippen LogP contribution is -2.36. The van der Waals surface area contributed by atoms with Crippen LogP contribution in [-0.2, 0) is 22.8 Å². The highest BCUT2D eigenvalue weighted by atomic mass is 32.2. The zero-order chi connectivity index (χ0) is 17.2. The van der Waals surface area contributed by atoms with Crippen molar-refractivity contribution in [3.05, 3.63) is 47.3 Å². The molecule has 1 N–H and O–H groups in total. The molecule has 3 rings (SSSR count). The number of hydrogen-bond donors (Lipinski definition) is 1. The Balaban J connectivity index is 1.66. The molecule has 0 aliphatic carbocycles. The first-order chi connectivity index (χ1) is 11.4. The third-order valence-electron chi connectivity index (χ3n) is 4.83. The van der Waals surface area contributed by atoms with Crippen LogP contribution in [0.3, 0.4) is 0 Å². The lowest BCUT2D eigenvalue weighted by molar-refractivity contribution is 0.166. The van der Waals surface area contributed by atoms with Gasteiger partial charge in [0.25, 0.3) is 0 Å². The van der Waals surface area contributed by atoms with Crippen LogP contribution in [0.2, 0.25) is 0 Å². The average Bonchev–Trinajstić information content (AvgIpc) is 2.98. The number of rotatable bonds is 5. The zero-order valence-electron chi connectivity index (χ0n) is 14.3. The van der Waals surface area contributed by atoms with Gasteiger partial charge in [-0.25, -0.2) is 8.42 Å². The summed E-state index contributed by atoms with van der Waals surface area (Å²) in [4.78, 5) is 2.83. The molecule has 1 atom stereocenters. The number of sulfone groups is 1. The van der Waals surface area contributed by atoms with Gasteiger partial charge >= 0.3 is 0 Å². The number of aromatic nitrogens is 2. The summed E-state index contributed by atoms with van der Waals surface area (Å²) in [6.45, 7) is 5.22. The van der Waals surface area contributed by atoms with E-state index in [9.17, 15) is 8.42 Å². The summed E-state index contributed by atoms with van der Waals surface area (Å²) >= 11 is 0. The van der Waals surface area contributed by atoms with Gasteiger partial charge in [-0.15, -0.1) is 0 Å². The SMILES string of the molecule is Cc1ccccc1CN1CCC[C@@H](Cc2[nH]ncc2S(C)(=O)=O)C1. The van der Waals surface area contributed by atoms with Crippen LogP contribution in [0.15, 0.2) is 35.4 Å². The van der Waals surface area contributed by atoms with Crippen LogP contribution in [0.5, 0.6) is 0 Å². The molecule has 1 aliphatic heterocycles. The third kappa shape index (κ3) is 4.05. The monoisotopic (exact) mass is 347 g/mol. The first kappa shape index (κ1) is 17.2. The van der Waals surface area contributed by atoms with Gasteiger partial charge in [0.1, 0.15) is 4.90 Å². The molecule has 24 heavy (non-hydrogen) atoms. The van der Waals surface area contributed by atoms with E-state index in [-0.39, 0.29) is 0 Å². The smallest absolute Gasteiger partial charge is 0.178 e. The predicted octanol–water partition coefficient (Wildman–Crippen LogP) is 2.58. The van der Waals surface area contributed by atoms with Crippen molar-refractivity contribution in [1.29, 1.82) is 0 Å². The van der Waals surface area contributed by atoms with Crippen molar-refractivity contribution in [1.82, 2.24) is 15.1 Å². The second-order valence-electron chi connectivity index (χ2n) is 6.86. The minimum Gasteiger partial charge on any atom is -0.299 e. The molecule has 130 valence electrons. The molecule has 0 bridgehead atoms. The van der Waals surface area contributed by atoms with Crippen molar-refractivity contribution in [2.24, 2.45) is 5.92 Å². The number of benzene rings is 1. The van der Waals surface area contributed by atoms with Gasteiger partial charge in [-0.3, -0.25) is 10.00 Å². The van der Waals surface area contributed by atoms with E-state index >= 15 is 0 Å². The summed E-state index contributed by atoms with van der Waals surface area (Å²) in [5.74, 6) is 0.462. The molecule has 2 heterocycles. The fraction of sp³-hybridized carbons (Fsp3) is 0.500. The van der Waals surface area contributed by atoms with Gasteiger partial charge in [0.05, 0.1) is 11.9 Å². The summed E-state index contributed by atoms with van der Waals surface area (Å²) in [7, 11) is -3.22. The van der Waals surface area contributed by atoms with Crippen molar-refractivity contribution >= 4 is 9.84 Å². The number of nitrogens with zero attached hydrogens (tertiary/aromatic N) is 2. The van der Waals surface area contributed by atoms with Gasteiger partial charge in [-0.1, -0.05) is 24.3 Å². The van der Waals surface area contributed by atoms with E-state index in [0.29, 0.717) is 10.8 Å². The topological polar surface area (TPSA) is 66.1 Å². The van der Waals surface area contributed by atoms with Gasteiger partial charge in [0, 0.05) is 19.3 Å². The molecule has 1 aromatic heterocycles. The molecular weight excluding hydrogens is 322 g/mol. The lowest BCUT2D eigenvalue weighted by atomic mass is 9.93. The number of nitrogens with one attached hydrogen (secondary N) is 1. The molecule has 1 aliphatic rings. The number of likely N-dealkylation sites (tertiary alicyclic amines) is 1. The highest BCUT2D eigenvalue weighted by Gasteiger charge is 2.24. The first-order valence-corrected chi connectivity index (χ1v) is 10.3. The van der Waals surface area contributed by atoms with Crippen molar-refractivity contribution in [3.8, 4) is 0 Å². The standard InChI is InChI=1S/C18H25N3O2S/c1-14-6-3-4-8-16(14)13-21-9-5-7-15(12-21)10-17-18(11-19-20-17)24(2,22)23/h3-4,6,8,11,15H,5,7,9-10,12-13H2,1-2H3,(H,19,20)/t15-/m0/s1. The van der Waals surface area contributed by atoms with Crippen LogP contribution in [0.25, 0.3) is 0 Å². The minimum atomic E-state index is -3.22. The van der Waals surface area contributed by atoms with Crippen LogP contribution in [0.4, 0.5) is 0 Å². The molecule has 6 heteroatoms. The number of aryl methyl sites for hydroxylation is 1. The molecule has 2 aromatic rings. The van der Waals surface area contributed by atoms with E-state index in [2.05, 4.69) is 46.3 Å². The van der Waals surface area contributed by atoms with Crippen molar-refractivity contribution in [2.75, 3.05) is 19.3 Å². The van der Waals surface area contributed by atoms with Crippen molar-refractivity contribution in [2.45, 2.75) is 37.6 Å². The summed E-state index contributed by atoms with van der Waals surface area (Å²) in [6.07, 6.45) is 5.70. The third-order valence-corrected chi connectivity index (χ3v) is 5.98. The number of hydrogen-bond acceptors (Lipinski definition) is 4. The fourth-order valence-corrected chi connectivity index (χ4v) is 4.37. The highest BCUT2D eigenvalue weighted by molar-refractivity contribution is 7.90. The Kier molecular flexibility index (Phi) is 5.06. The Morgan fingerprint density at radius 3 is 2.88 bits per heavy atom. The molecule has 0 unspecified atom stereocenters. The molecule has 1 fully saturated rings. The maximum Gasteiger partial charge on any atom is 0.178 e. The summed E-state index contributed by atoms with van der Waals surface area (Å²) in [5.41, 5.74) is 3.45. The fourth-order valence-electron chi connectivity index (χ4n) is 3.55. The van der Waals surface area contributed by atoms with Gasteiger partial charge in [0.15, 0.2) is 9.84 Å². The van der Waals surface area contributed by atoms with Gasteiger partial charge in [-0.05, 0) is 49.8 Å². The largest absolute Gasteiger partial charge is 0.299 e. The normalized spacial score (nSPS) is 19.5. The van der Waals surface area contributed by atoms with E-state index in [4.69, 9.17) is 0 Å². The summed E-state index contributed by atoms with van der Waals surface area (Å²) < 4.78 is 23.7. The number of aromatic amines is 1. The van der Waals surface area contributed by atoms with E-state index in [1.807, 2.05) is 0 Å². The highest BCUT2D eigenvalue weighted by Crippen LogP contribution is 2.24. The molecule has 0 spiro atoms. The lowest BCUT2D eigenvalue weighted by Gasteiger charge is -2.33. The van der Waals surface area contributed by atoms with Crippen LogP contribution in [0.1, 0.15) is 29.7 Å². The molecule has 0 amide bonds. The van der Waals surface area contributed by atoms with E-state index in [1.54, 1.807) is 0 Å². The van der Waals surface area contributed by atoms with Gasteiger partial charge < -0.3 is 0 Å². The van der Waals surface area contributed by atoms with Crippen LogP contribution in [0, 0.1) is 12.8 Å². The van der Waals surface area contributed by atoms with Crippen molar-refractivity contribution in [3.63, 3.8) is 0 Å². The number of H-pyrrole nitrogens is 1. The van der Waals surface area contributed by atoms with E-state index < -0.39 is 9.84 Å². The Hall–Kier alpha value is -1.66. The molecule has 0 radical (unpaired) electrons. The molecule has 1 saturated heterocycles.